The third-order valence-corrected chi connectivity index (χ3v) is 4.62. The first-order valence-electron chi connectivity index (χ1n) is 7.92. The molecule has 0 saturated heterocycles. The molecule has 1 unspecified atom stereocenters. The summed E-state index contributed by atoms with van der Waals surface area (Å²) < 4.78 is 5.41. The molecule has 2 aromatic rings. The molecule has 0 radical (unpaired) electrons. The van der Waals surface area contributed by atoms with E-state index in [-0.39, 0.29) is 5.91 Å². The van der Waals surface area contributed by atoms with Crippen molar-refractivity contribution in [2.45, 2.75) is 25.4 Å². The smallest absolute Gasteiger partial charge is 0.339 e. The molecular weight excluding hydrogens is 361 g/mol. The largest absolute Gasteiger partial charge is 0.445 e. The maximum absolute atomic E-state index is 12.6. The van der Waals surface area contributed by atoms with Gasteiger partial charge in [-0.2, -0.15) is 0 Å². The molecule has 0 fully saturated rings. The lowest BCUT2D eigenvalue weighted by molar-refractivity contribution is -0.139. The second-order valence-corrected chi connectivity index (χ2v) is 7.11. The van der Waals surface area contributed by atoms with Crippen molar-refractivity contribution in [3.63, 3.8) is 0 Å². The van der Waals surface area contributed by atoms with Crippen LogP contribution >= 0.6 is 23.2 Å². The summed E-state index contributed by atoms with van der Waals surface area (Å²) in [6, 6.07) is 12.4. The van der Waals surface area contributed by atoms with E-state index in [0.29, 0.717) is 35.0 Å². The molecule has 1 aliphatic heterocycles. The van der Waals surface area contributed by atoms with Gasteiger partial charge in [-0.15, -0.1) is 0 Å². The molecule has 3 rings (SSSR count). The third-order valence-electron chi connectivity index (χ3n) is 4.18. The fourth-order valence-electron chi connectivity index (χ4n) is 2.92. The number of hydrogen-bond acceptors (Lipinski definition) is 3. The minimum absolute atomic E-state index is 0.316. The molecule has 1 heterocycles. The van der Waals surface area contributed by atoms with E-state index in [0.717, 1.165) is 11.1 Å². The number of amides is 1. The fraction of sp³-hybridized carbons (Fsp3) is 0.263. The van der Waals surface area contributed by atoms with E-state index in [2.05, 4.69) is 5.32 Å². The van der Waals surface area contributed by atoms with Gasteiger partial charge in [0.2, 0.25) is 0 Å². The van der Waals surface area contributed by atoms with Gasteiger partial charge in [0.1, 0.15) is 0 Å². The first-order chi connectivity index (χ1) is 11.9. The minimum Gasteiger partial charge on any atom is -0.445 e. The molecule has 1 aliphatic rings. The molecule has 0 bridgehead atoms. The van der Waals surface area contributed by atoms with Gasteiger partial charge in [-0.3, -0.25) is 4.79 Å². The number of rotatable bonds is 4. The maximum Gasteiger partial charge on any atom is 0.339 e. The van der Waals surface area contributed by atoms with Gasteiger partial charge in [0.25, 0.3) is 5.91 Å². The normalized spacial score (nSPS) is 19.1. The SMILES string of the molecule is CC1(C(=O)NCCc2cc(Cl)cc(Cl)c2)Cc2ccccc2C(=O)O1. The second kappa shape index (κ2) is 7.06. The molecule has 0 spiro atoms. The van der Waals surface area contributed by atoms with Crippen molar-refractivity contribution in [3.05, 3.63) is 69.2 Å². The lowest BCUT2D eigenvalue weighted by Gasteiger charge is -2.33. The number of benzene rings is 2. The van der Waals surface area contributed by atoms with Gasteiger partial charge in [-0.05, 0) is 48.7 Å². The summed E-state index contributed by atoms with van der Waals surface area (Å²) >= 11 is 11.9. The van der Waals surface area contributed by atoms with E-state index in [1.165, 1.54) is 0 Å². The summed E-state index contributed by atoms with van der Waals surface area (Å²) in [7, 11) is 0. The first kappa shape index (κ1) is 17.8. The first-order valence-corrected chi connectivity index (χ1v) is 8.67. The number of ether oxygens (including phenoxy) is 1. The van der Waals surface area contributed by atoms with Crippen LogP contribution in [0, 0.1) is 0 Å². The quantitative estimate of drug-likeness (QED) is 0.823. The van der Waals surface area contributed by atoms with Gasteiger partial charge in [0, 0.05) is 23.0 Å². The van der Waals surface area contributed by atoms with Gasteiger partial charge in [-0.1, -0.05) is 41.4 Å². The summed E-state index contributed by atoms with van der Waals surface area (Å²) in [5.74, 6) is -0.787. The summed E-state index contributed by atoms with van der Waals surface area (Å²) in [6.07, 6.45) is 0.927. The maximum atomic E-state index is 12.6. The van der Waals surface area contributed by atoms with Gasteiger partial charge >= 0.3 is 5.97 Å². The lowest BCUT2D eigenvalue weighted by atomic mass is 9.89. The zero-order valence-corrected chi connectivity index (χ0v) is 15.2. The molecule has 1 atom stereocenters. The Balaban J connectivity index is 1.64. The Morgan fingerprint density at radius 3 is 2.60 bits per heavy atom. The molecular formula is C19H17Cl2NO3. The van der Waals surface area contributed by atoms with Gasteiger partial charge in [-0.25, -0.2) is 4.79 Å². The van der Waals surface area contributed by atoms with Gasteiger partial charge < -0.3 is 10.1 Å². The van der Waals surface area contributed by atoms with E-state index in [4.69, 9.17) is 27.9 Å². The van der Waals surface area contributed by atoms with E-state index < -0.39 is 11.6 Å². The molecule has 6 heteroatoms. The molecule has 130 valence electrons. The van der Waals surface area contributed by atoms with Crippen LogP contribution in [0.15, 0.2) is 42.5 Å². The van der Waals surface area contributed by atoms with Crippen LogP contribution in [0.25, 0.3) is 0 Å². The highest BCUT2D eigenvalue weighted by molar-refractivity contribution is 6.34. The third kappa shape index (κ3) is 3.97. The number of cyclic esters (lactones) is 1. The highest BCUT2D eigenvalue weighted by atomic mass is 35.5. The average Bonchev–Trinajstić information content (AvgIpc) is 2.53. The number of hydrogen-bond donors (Lipinski definition) is 1. The molecule has 2 aromatic carbocycles. The van der Waals surface area contributed by atoms with Crippen molar-refractivity contribution in [1.82, 2.24) is 5.32 Å². The fourth-order valence-corrected chi connectivity index (χ4v) is 3.49. The van der Waals surface area contributed by atoms with Crippen LogP contribution in [0.4, 0.5) is 0 Å². The average molecular weight is 378 g/mol. The highest BCUT2D eigenvalue weighted by Crippen LogP contribution is 2.28. The van der Waals surface area contributed by atoms with E-state index in [9.17, 15) is 9.59 Å². The van der Waals surface area contributed by atoms with E-state index in [1.807, 2.05) is 12.1 Å². The van der Waals surface area contributed by atoms with Crippen LogP contribution in [0.3, 0.4) is 0 Å². The summed E-state index contributed by atoms with van der Waals surface area (Å²) in [4.78, 5) is 24.7. The Labute approximate surface area is 156 Å². The van der Waals surface area contributed by atoms with Crippen molar-refractivity contribution in [2.24, 2.45) is 0 Å². The Kier molecular flexibility index (Phi) is 5.02. The Hall–Kier alpha value is -2.04. The van der Waals surface area contributed by atoms with Gasteiger partial charge in [0.05, 0.1) is 5.56 Å². The number of carbonyl (C=O) groups is 2. The predicted octanol–water partition coefficient (Wildman–Crippen LogP) is 3.82. The van der Waals surface area contributed by atoms with Crippen molar-refractivity contribution >= 4 is 35.1 Å². The minimum atomic E-state index is -1.21. The molecule has 1 N–H and O–H groups in total. The molecule has 1 amide bonds. The second-order valence-electron chi connectivity index (χ2n) is 6.24. The molecule has 0 aliphatic carbocycles. The zero-order chi connectivity index (χ0) is 18.0. The van der Waals surface area contributed by atoms with Crippen LogP contribution < -0.4 is 5.32 Å². The van der Waals surface area contributed by atoms with Crippen LogP contribution in [0.5, 0.6) is 0 Å². The van der Waals surface area contributed by atoms with E-state index in [1.54, 1.807) is 37.3 Å². The number of carbonyl (C=O) groups excluding carboxylic acids is 2. The van der Waals surface area contributed by atoms with Crippen LogP contribution in [0.2, 0.25) is 10.0 Å². The molecule has 0 saturated carbocycles. The van der Waals surface area contributed by atoms with Crippen molar-refractivity contribution in [2.75, 3.05) is 6.54 Å². The predicted molar refractivity (Wildman–Crippen MR) is 97.1 cm³/mol. The summed E-state index contributed by atoms with van der Waals surface area (Å²) in [6.45, 7) is 2.02. The van der Waals surface area contributed by atoms with E-state index >= 15 is 0 Å². The van der Waals surface area contributed by atoms with Gasteiger partial charge in [0.15, 0.2) is 5.60 Å². The molecule has 25 heavy (non-hydrogen) atoms. The molecule has 0 aromatic heterocycles. The summed E-state index contributed by atoms with van der Waals surface area (Å²) in [5, 5.41) is 3.94. The monoisotopic (exact) mass is 377 g/mol. The van der Waals surface area contributed by atoms with Crippen LogP contribution in [0.1, 0.15) is 28.4 Å². The standard InChI is InChI=1S/C19H17Cl2NO3/c1-19(11-13-4-2-3-5-16(13)17(23)25-19)18(24)22-7-6-12-8-14(20)10-15(21)9-12/h2-5,8-10H,6-7,11H2,1H3,(H,22,24). The number of nitrogens with one attached hydrogen (secondary N) is 1. The zero-order valence-electron chi connectivity index (χ0n) is 13.6. The lowest BCUT2D eigenvalue weighted by Crippen LogP contribution is -2.52. The Bertz CT molecular complexity index is 817. The van der Waals surface area contributed by atoms with Crippen LogP contribution in [-0.4, -0.2) is 24.0 Å². The molecule has 4 nitrogen and oxygen atoms in total. The topological polar surface area (TPSA) is 55.4 Å². The van der Waals surface area contributed by atoms with Crippen molar-refractivity contribution < 1.29 is 14.3 Å². The Morgan fingerprint density at radius 2 is 1.88 bits per heavy atom. The Morgan fingerprint density at radius 1 is 1.20 bits per heavy atom. The summed E-state index contributed by atoms with van der Waals surface area (Å²) in [5.41, 5.74) is 1.05. The van der Waals surface area contributed by atoms with Crippen molar-refractivity contribution in [1.29, 1.82) is 0 Å². The number of esters is 1. The highest BCUT2D eigenvalue weighted by Gasteiger charge is 2.42. The number of halogens is 2. The van der Waals surface area contributed by atoms with Crippen LogP contribution in [-0.2, 0) is 22.4 Å². The number of fused-ring (bicyclic) bond motifs is 1. The van der Waals surface area contributed by atoms with Crippen molar-refractivity contribution in [3.8, 4) is 0 Å².